The van der Waals surface area contributed by atoms with Crippen molar-refractivity contribution < 1.29 is 4.79 Å². The minimum atomic E-state index is -0.0514. The van der Waals surface area contributed by atoms with Gasteiger partial charge in [0.15, 0.2) is 0 Å². The summed E-state index contributed by atoms with van der Waals surface area (Å²) in [5, 5.41) is 7.45. The number of hydrogen-bond acceptors (Lipinski definition) is 5. The molecule has 0 aliphatic carbocycles. The molecule has 2 aromatic carbocycles. The van der Waals surface area contributed by atoms with Gasteiger partial charge >= 0.3 is 0 Å². The molecule has 7 heteroatoms. The fourth-order valence-electron chi connectivity index (χ4n) is 4.51. The highest BCUT2D eigenvalue weighted by atomic mass is 16.1. The van der Waals surface area contributed by atoms with E-state index in [1.165, 1.54) is 5.56 Å². The number of carbonyl (C=O) groups is 1. The van der Waals surface area contributed by atoms with Crippen LogP contribution in [-0.4, -0.2) is 38.7 Å². The summed E-state index contributed by atoms with van der Waals surface area (Å²) in [6, 6.07) is 18.7. The van der Waals surface area contributed by atoms with Crippen LogP contribution in [0.3, 0.4) is 0 Å². The van der Waals surface area contributed by atoms with Gasteiger partial charge in [0.2, 0.25) is 5.91 Å². The third-order valence-electron chi connectivity index (χ3n) is 6.30. The van der Waals surface area contributed by atoms with Gasteiger partial charge in [0.1, 0.15) is 5.82 Å². The molecule has 3 heterocycles. The van der Waals surface area contributed by atoms with Crippen LogP contribution in [0.15, 0.2) is 85.6 Å². The van der Waals surface area contributed by atoms with Gasteiger partial charge in [-0.25, -0.2) is 4.98 Å². The Balaban J connectivity index is 1.23. The normalized spacial score (nSPS) is 15.8. The second kappa shape index (κ2) is 10.3. The smallest absolute Gasteiger partial charge is 0.225 e. The molecule has 1 unspecified atom stereocenters. The highest BCUT2D eigenvalue weighted by Gasteiger charge is 2.26. The van der Waals surface area contributed by atoms with Crippen LogP contribution < -0.4 is 10.2 Å². The average molecular weight is 453 g/mol. The van der Waals surface area contributed by atoms with E-state index in [-0.39, 0.29) is 11.8 Å². The van der Waals surface area contributed by atoms with Gasteiger partial charge in [0, 0.05) is 44.4 Å². The Morgan fingerprint density at radius 3 is 2.71 bits per heavy atom. The van der Waals surface area contributed by atoms with Crippen molar-refractivity contribution in [3.63, 3.8) is 0 Å². The molecular weight excluding hydrogens is 424 g/mol. The molecule has 5 rings (SSSR count). The fourth-order valence-corrected chi connectivity index (χ4v) is 4.51. The third kappa shape index (κ3) is 5.14. The van der Waals surface area contributed by atoms with Crippen molar-refractivity contribution >= 4 is 11.7 Å². The molecule has 1 fully saturated rings. The lowest BCUT2D eigenvalue weighted by molar-refractivity contribution is -0.125. The summed E-state index contributed by atoms with van der Waals surface area (Å²) in [5.74, 6) is 0.879. The monoisotopic (exact) mass is 452 g/mol. The number of aromatic nitrogens is 4. The predicted octanol–water partition coefficient (Wildman–Crippen LogP) is 3.92. The van der Waals surface area contributed by atoms with Crippen LogP contribution in [0, 0.1) is 5.92 Å². The van der Waals surface area contributed by atoms with Gasteiger partial charge in [-0.15, -0.1) is 0 Å². The summed E-state index contributed by atoms with van der Waals surface area (Å²) in [4.78, 5) is 23.7. The molecular formula is C27H28N6O. The summed E-state index contributed by atoms with van der Waals surface area (Å²) in [7, 11) is 0. The van der Waals surface area contributed by atoms with E-state index in [2.05, 4.69) is 61.7 Å². The van der Waals surface area contributed by atoms with E-state index < -0.39 is 0 Å². The van der Waals surface area contributed by atoms with Crippen molar-refractivity contribution in [3.05, 3.63) is 96.7 Å². The number of anilines is 1. The molecule has 1 N–H and O–H groups in total. The molecule has 0 bridgehead atoms. The molecule has 1 saturated heterocycles. The Bertz CT molecular complexity index is 1210. The third-order valence-corrected chi connectivity index (χ3v) is 6.30. The van der Waals surface area contributed by atoms with E-state index in [1.54, 1.807) is 24.8 Å². The van der Waals surface area contributed by atoms with Gasteiger partial charge in [0.05, 0.1) is 18.7 Å². The first-order valence-corrected chi connectivity index (χ1v) is 11.7. The van der Waals surface area contributed by atoms with Gasteiger partial charge in [-0.05, 0) is 41.2 Å². The lowest BCUT2D eigenvalue weighted by Crippen LogP contribution is -2.43. The van der Waals surface area contributed by atoms with Gasteiger partial charge < -0.3 is 10.2 Å². The molecule has 0 saturated carbocycles. The van der Waals surface area contributed by atoms with Crippen LogP contribution in [0.2, 0.25) is 0 Å². The maximum Gasteiger partial charge on any atom is 0.225 e. The Labute approximate surface area is 199 Å². The van der Waals surface area contributed by atoms with Gasteiger partial charge in [-0.2, -0.15) is 5.10 Å². The van der Waals surface area contributed by atoms with E-state index in [4.69, 9.17) is 0 Å². The number of piperidine rings is 1. The number of nitrogens with zero attached hydrogens (tertiary/aromatic N) is 5. The number of carbonyl (C=O) groups excluding carboxylic acids is 1. The van der Waals surface area contributed by atoms with Crippen LogP contribution >= 0.6 is 0 Å². The van der Waals surface area contributed by atoms with Gasteiger partial charge in [-0.1, -0.05) is 48.5 Å². The quantitative estimate of drug-likeness (QED) is 0.460. The molecule has 0 spiro atoms. The van der Waals surface area contributed by atoms with Crippen molar-refractivity contribution in [2.45, 2.75) is 25.9 Å². The van der Waals surface area contributed by atoms with Crippen molar-refractivity contribution in [2.75, 3.05) is 18.0 Å². The van der Waals surface area contributed by atoms with Crippen molar-refractivity contribution in [3.8, 4) is 11.1 Å². The molecule has 172 valence electrons. The summed E-state index contributed by atoms with van der Waals surface area (Å²) in [6.07, 6.45) is 10.7. The Hall–Kier alpha value is -4.00. The average Bonchev–Trinajstić information content (AvgIpc) is 3.42. The second-order valence-corrected chi connectivity index (χ2v) is 8.62. The largest absolute Gasteiger partial charge is 0.355 e. The van der Waals surface area contributed by atoms with Gasteiger partial charge in [0.25, 0.3) is 0 Å². The molecule has 1 atom stereocenters. The number of amides is 1. The Morgan fingerprint density at radius 2 is 1.91 bits per heavy atom. The number of benzene rings is 2. The number of nitrogens with one attached hydrogen (secondary N) is 1. The molecule has 0 radical (unpaired) electrons. The lowest BCUT2D eigenvalue weighted by Gasteiger charge is -2.32. The fraction of sp³-hybridized carbons (Fsp3) is 0.259. The predicted molar refractivity (Wildman–Crippen MR) is 132 cm³/mol. The maximum absolute atomic E-state index is 13.0. The van der Waals surface area contributed by atoms with E-state index in [9.17, 15) is 4.79 Å². The van der Waals surface area contributed by atoms with Crippen LogP contribution in [0.4, 0.5) is 5.82 Å². The van der Waals surface area contributed by atoms with Crippen LogP contribution in [0.25, 0.3) is 11.1 Å². The first-order chi connectivity index (χ1) is 16.8. The van der Waals surface area contributed by atoms with Gasteiger partial charge in [-0.3, -0.25) is 14.5 Å². The molecule has 7 nitrogen and oxygen atoms in total. The minimum absolute atomic E-state index is 0.0514. The molecule has 2 aromatic heterocycles. The number of rotatable bonds is 7. The van der Waals surface area contributed by atoms with Crippen molar-refractivity contribution in [1.82, 2.24) is 25.1 Å². The highest BCUT2D eigenvalue weighted by molar-refractivity contribution is 5.80. The van der Waals surface area contributed by atoms with Crippen LogP contribution in [0.1, 0.15) is 24.0 Å². The zero-order chi connectivity index (χ0) is 23.2. The van der Waals surface area contributed by atoms with Crippen molar-refractivity contribution in [2.24, 2.45) is 5.92 Å². The zero-order valence-electron chi connectivity index (χ0n) is 19.0. The first-order valence-electron chi connectivity index (χ1n) is 11.7. The summed E-state index contributed by atoms with van der Waals surface area (Å²) >= 11 is 0. The molecule has 1 aliphatic rings. The number of hydrogen-bond donors (Lipinski definition) is 1. The molecule has 1 amide bonds. The standard InChI is InChI=1S/C27H28N6O/c34-27(24-6-3-15-32(20-24)26-18-28-13-14-29-26)30-17-23-5-1-2-7-25(23)22-10-8-21(9-11-22)19-33-16-4-12-31-33/h1-2,4-5,7-14,16,18,24H,3,6,15,17,19-20H2,(H,30,34). The topological polar surface area (TPSA) is 75.9 Å². The van der Waals surface area contributed by atoms with Crippen LogP contribution in [-0.2, 0) is 17.9 Å². The van der Waals surface area contributed by atoms with E-state index in [1.807, 2.05) is 29.1 Å². The zero-order valence-corrected chi connectivity index (χ0v) is 19.0. The second-order valence-electron chi connectivity index (χ2n) is 8.62. The summed E-state index contributed by atoms with van der Waals surface area (Å²) in [6.45, 7) is 2.83. The SMILES string of the molecule is O=C(NCc1ccccc1-c1ccc(Cn2cccn2)cc1)C1CCCN(c2cnccn2)C1. The molecule has 1 aliphatic heterocycles. The Morgan fingerprint density at radius 1 is 1.03 bits per heavy atom. The van der Waals surface area contributed by atoms with Crippen LogP contribution in [0.5, 0.6) is 0 Å². The highest BCUT2D eigenvalue weighted by Crippen LogP contribution is 2.25. The first kappa shape index (κ1) is 21.8. The maximum atomic E-state index is 13.0. The lowest BCUT2D eigenvalue weighted by atomic mass is 9.96. The summed E-state index contributed by atoms with van der Waals surface area (Å²) < 4.78 is 1.91. The Kier molecular flexibility index (Phi) is 6.61. The molecule has 34 heavy (non-hydrogen) atoms. The van der Waals surface area contributed by atoms with E-state index in [0.717, 1.165) is 48.4 Å². The van der Waals surface area contributed by atoms with E-state index in [0.29, 0.717) is 13.1 Å². The van der Waals surface area contributed by atoms with E-state index >= 15 is 0 Å². The molecule has 4 aromatic rings. The van der Waals surface area contributed by atoms with Crippen molar-refractivity contribution in [1.29, 1.82) is 0 Å². The summed E-state index contributed by atoms with van der Waals surface area (Å²) in [5.41, 5.74) is 4.58. The minimum Gasteiger partial charge on any atom is -0.355 e.